The molecule has 0 atom stereocenters. The molecule has 0 bridgehead atoms. The standard InChI is InChI=1S/C2H7N5/c3-1(4)7-2(5)6/h(H7,3,4,5,6,7). The van der Waals surface area contributed by atoms with Gasteiger partial charge in [-0.15, -0.1) is 0 Å². The molecule has 0 spiro atoms. The lowest BCUT2D eigenvalue weighted by Gasteiger charge is -1.84. The van der Waals surface area contributed by atoms with E-state index in [1.807, 2.05) is 0 Å². The highest BCUT2D eigenvalue weighted by Crippen LogP contribution is 1.56. The number of hydrogen-bond donors (Lipinski definition) is 4. The summed E-state index contributed by atoms with van der Waals surface area (Å²) in [6.45, 7) is 0. The van der Waals surface area contributed by atoms with Crippen LogP contribution in [0.5, 0.6) is 0 Å². The molecule has 0 heterocycles. The maximum Gasteiger partial charge on any atom is 0.215 e. The molecule has 5 nitrogen and oxygen atoms in total. The first-order chi connectivity index (χ1) is 3.13. The topological polar surface area (TPSA) is 114 Å². The maximum atomic E-state index is 6.46. The van der Waals surface area contributed by atoms with Gasteiger partial charge in [0, 0.05) is 0 Å². The summed E-state index contributed by atoms with van der Waals surface area (Å²) in [4.78, 5) is 3.11. The molecular formula is C2H7N5. The monoisotopic (exact) mass is 101 g/mol. The summed E-state index contributed by atoms with van der Waals surface area (Å²) in [6.07, 6.45) is 0. The van der Waals surface area contributed by atoms with Crippen molar-refractivity contribution in [2.45, 2.75) is 0 Å². The van der Waals surface area contributed by atoms with Crippen LogP contribution in [0.3, 0.4) is 0 Å². The summed E-state index contributed by atoms with van der Waals surface area (Å²) in [5.74, 6) is -0.562. The van der Waals surface area contributed by atoms with E-state index in [-0.39, 0.29) is 11.9 Å². The van der Waals surface area contributed by atoms with Gasteiger partial charge in [0.2, 0.25) is 5.96 Å². The van der Waals surface area contributed by atoms with Gasteiger partial charge in [0.1, 0.15) is 0 Å². The van der Waals surface area contributed by atoms with E-state index in [2.05, 4.69) is 4.99 Å². The third-order valence-corrected chi connectivity index (χ3v) is 0.250. The molecular weight excluding hydrogens is 94.1 g/mol. The number of nitrogens with zero attached hydrogens (tertiary/aromatic N) is 1. The Morgan fingerprint density at radius 2 is 1.71 bits per heavy atom. The van der Waals surface area contributed by atoms with Crippen LogP contribution in [-0.4, -0.2) is 11.9 Å². The Kier molecular flexibility index (Phi) is 1.65. The van der Waals surface area contributed by atoms with Crippen molar-refractivity contribution in [2.75, 3.05) is 0 Å². The second-order valence-electron chi connectivity index (χ2n) is 0.922. The van der Waals surface area contributed by atoms with Gasteiger partial charge in [0.05, 0.1) is 0 Å². The first-order valence-electron chi connectivity index (χ1n) is 1.56. The minimum Gasteiger partial charge on any atom is -0.370 e. The van der Waals surface area contributed by atoms with E-state index in [1.54, 1.807) is 0 Å². The molecule has 0 amide bonds. The highest BCUT2D eigenvalue weighted by atomic mass is 15.1. The van der Waals surface area contributed by atoms with Gasteiger partial charge in [0.25, 0.3) is 0 Å². The van der Waals surface area contributed by atoms with Gasteiger partial charge in [-0.25, -0.2) is 0 Å². The molecule has 0 fully saturated rings. The van der Waals surface area contributed by atoms with Gasteiger partial charge < -0.3 is 17.2 Å². The Labute approximate surface area is 40.7 Å². The Hall–Kier alpha value is -1.26. The second-order valence-corrected chi connectivity index (χ2v) is 0.922. The molecule has 0 aliphatic heterocycles. The fourth-order valence-corrected chi connectivity index (χ4v) is 0.139. The van der Waals surface area contributed by atoms with Gasteiger partial charge in [-0.1, -0.05) is 0 Å². The summed E-state index contributed by atoms with van der Waals surface area (Å²) in [6, 6.07) is 0. The smallest absolute Gasteiger partial charge is 0.215 e. The Morgan fingerprint density at radius 3 is 1.71 bits per heavy atom. The van der Waals surface area contributed by atoms with Crippen LogP contribution in [0.1, 0.15) is 0 Å². The normalized spacial score (nSPS) is 7.43. The molecule has 0 aromatic rings. The highest BCUT2D eigenvalue weighted by Gasteiger charge is 1.78. The quantitative estimate of drug-likeness (QED) is 0.212. The number of aliphatic imine (C=N–C) groups is 1. The van der Waals surface area contributed by atoms with Crippen molar-refractivity contribution in [3.63, 3.8) is 0 Å². The Morgan fingerprint density at radius 1 is 1.29 bits per heavy atom. The van der Waals surface area contributed by atoms with Crippen LogP contribution < -0.4 is 17.2 Å². The molecule has 7 N–H and O–H groups in total. The van der Waals surface area contributed by atoms with Crippen molar-refractivity contribution in [2.24, 2.45) is 22.2 Å². The van der Waals surface area contributed by atoms with Crippen LogP contribution in [0.2, 0.25) is 0 Å². The van der Waals surface area contributed by atoms with Gasteiger partial charge in [0.15, 0.2) is 5.96 Å². The fourth-order valence-electron chi connectivity index (χ4n) is 0.139. The minimum atomic E-state index is -0.375. The second kappa shape index (κ2) is 2.01. The van der Waals surface area contributed by atoms with Crippen molar-refractivity contribution >= 4 is 11.9 Å². The van der Waals surface area contributed by atoms with Crippen LogP contribution in [0.15, 0.2) is 4.99 Å². The number of hydrogen-bond acceptors (Lipinski definition) is 1. The average molecular weight is 101 g/mol. The van der Waals surface area contributed by atoms with E-state index >= 15 is 0 Å². The number of guanidine groups is 2. The van der Waals surface area contributed by atoms with Crippen molar-refractivity contribution in [3.8, 4) is 0 Å². The average Bonchev–Trinajstić information content (AvgIpc) is 1.27. The number of rotatable bonds is 0. The third-order valence-electron chi connectivity index (χ3n) is 0.250. The predicted octanol–water partition coefficient (Wildman–Crippen LogP) is -1.85. The first-order valence-corrected chi connectivity index (χ1v) is 1.56. The summed E-state index contributed by atoms with van der Waals surface area (Å²) in [7, 11) is 0. The molecule has 0 rings (SSSR count). The van der Waals surface area contributed by atoms with Gasteiger partial charge in [-0.2, -0.15) is 4.99 Å². The molecule has 0 aromatic carbocycles. The largest absolute Gasteiger partial charge is 0.370 e. The van der Waals surface area contributed by atoms with E-state index in [0.717, 1.165) is 0 Å². The zero-order valence-electron chi connectivity index (χ0n) is 3.68. The Balaban J connectivity index is 3.68. The molecule has 0 saturated heterocycles. The van der Waals surface area contributed by atoms with Crippen LogP contribution in [0, 0.1) is 5.41 Å². The summed E-state index contributed by atoms with van der Waals surface area (Å²) in [5.41, 5.74) is 14.3. The van der Waals surface area contributed by atoms with Crippen molar-refractivity contribution in [1.82, 2.24) is 0 Å². The molecule has 0 aromatic heterocycles. The lowest BCUT2D eigenvalue weighted by atomic mass is 11.0. The fraction of sp³-hybridized carbons (Fsp3) is 0. The van der Waals surface area contributed by atoms with Gasteiger partial charge in [-0.05, 0) is 0 Å². The SMILES string of the molecule is N=C(N)N=C(N)N. The molecule has 0 aliphatic rings. The molecule has 7 heavy (non-hydrogen) atoms. The van der Waals surface area contributed by atoms with Crippen LogP contribution >= 0.6 is 0 Å². The molecule has 5 heteroatoms. The van der Waals surface area contributed by atoms with Crippen LogP contribution in [-0.2, 0) is 0 Å². The number of nitrogens with two attached hydrogens (primary N) is 3. The number of nitrogens with one attached hydrogen (secondary N) is 1. The molecule has 0 radical (unpaired) electrons. The van der Waals surface area contributed by atoms with Crippen LogP contribution in [0.4, 0.5) is 0 Å². The predicted molar refractivity (Wildman–Crippen MR) is 27.7 cm³/mol. The molecule has 0 aliphatic carbocycles. The highest BCUT2D eigenvalue weighted by molar-refractivity contribution is 5.90. The Bertz CT molecular complexity index is 98.6. The molecule has 0 unspecified atom stereocenters. The lowest BCUT2D eigenvalue weighted by Crippen LogP contribution is -2.25. The summed E-state index contributed by atoms with van der Waals surface area (Å²) in [5, 5.41) is 6.46. The van der Waals surface area contributed by atoms with E-state index < -0.39 is 0 Å². The molecule has 40 valence electrons. The lowest BCUT2D eigenvalue weighted by molar-refractivity contribution is 1.35. The van der Waals surface area contributed by atoms with Crippen molar-refractivity contribution < 1.29 is 0 Å². The summed E-state index contributed by atoms with van der Waals surface area (Å²) >= 11 is 0. The van der Waals surface area contributed by atoms with Crippen LogP contribution in [0.25, 0.3) is 0 Å². The zero-order chi connectivity index (χ0) is 5.86. The first kappa shape index (κ1) is 5.74. The third kappa shape index (κ3) is 4.74. The molecule has 0 saturated carbocycles. The van der Waals surface area contributed by atoms with E-state index in [0.29, 0.717) is 0 Å². The maximum absolute atomic E-state index is 6.46. The zero-order valence-corrected chi connectivity index (χ0v) is 3.68. The van der Waals surface area contributed by atoms with E-state index in [9.17, 15) is 0 Å². The van der Waals surface area contributed by atoms with Gasteiger partial charge in [-0.3, -0.25) is 5.41 Å². The minimum absolute atomic E-state index is 0.187. The van der Waals surface area contributed by atoms with Crippen molar-refractivity contribution in [3.05, 3.63) is 0 Å². The van der Waals surface area contributed by atoms with E-state index in [4.69, 9.17) is 22.6 Å². The van der Waals surface area contributed by atoms with Gasteiger partial charge >= 0.3 is 0 Å². The summed E-state index contributed by atoms with van der Waals surface area (Å²) < 4.78 is 0. The van der Waals surface area contributed by atoms with Crippen molar-refractivity contribution in [1.29, 1.82) is 5.41 Å². The van der Waals surface area contributed by atoms with E-state index in [1.165, 1.54) is 0 Å².